The van der Waals surface area contributed by atoms with Gasteiger partial charge in [0.25, 0.3) is 5.69 Å². The van der Waals surface area contributed by atoms with Crippen molar-refractivity contribution >= 4 is 29.0 Å². The molecule has 2 aromatic carbocycles. The maximum absolute atomic E-state index is 12.6. The zero-order valence-corrected chi connectivity index (χ0v) is 17.6. The molecule has 0 fully saturated rings. The standard InChI is InChI=1S/C21H20N4O5S/c1-14-5-2-3-6-16(14)24-8-7-22-21(24)31-13-20(26)23-15-11-18-19(12-17(15)25(27)28)30-10-4-9-29-18/h2-3,5-8,11-12H,4,9-10,13H2,1H3,(H,23,26). The van der Waals surface area contributed by atoms with Crippen molar-refractivity contribution in [2.75, 3.05) is 24.3 Å². The Morgan fingerprint density at radius 2 is 2.00 bits per heavy atom. The van der Waals surface area contributed by atoms with Gasteiger partial charge >= 0.3 is 0 Å². The fraction of sp³-hybridized carbons (Fsp3) is 0.238. The monoisotopic (exact) mass is 440 g/mol. The van der Waals surface area contributed by atoms with Crippen molar-refractivity contribution in [3.63, 3.8) is 0 Å². The number of para-hydroxylation sites is 1. The molecule has 0 spiro atoms. The number of fused-ring (bicyclic) bond motifs is 1. The van der Waals surface area contributed by atoms with E-state index in [0.717, 1.165) is 11.3 Å². The number of aromatic nitrogens is 2. The van der Waals surface area contributed by atoms with Crippen molar-refractivity contribution in [3.8, 4) is 17.2 Å². The van der Waals surface area contributed by atoms with Crippen LogP contribution < -0.4 is 14.8 Å². The molecule has 0 saturated heterocycles. The molecule has 1 aliphatic heterocycles. The molecule has 0 saturated carbocycles. The number of thioether (sulfide) groups is 1. The van der Waals surface area contributed by atoms with Crippen LogP contribution in [-0.4, -0.2) is 39.3 Å². The number of ether oxygens (including phenoxy) is 2. The normalized spacial score (nSPS) is 12.8. The van der Waals surface area contributed by atoms with Gasteiger partial charge in [0.15, 0.2) is 16.7 Å². The van der Waals surface area contributed by atoms with E-state index >= 15 is 0 Å². The van der Waals surface area contributed by atoms with E-state index in [1.807, 2.05) is 42.0 Å². The van der Waals surface area contributed by atoms with Crippen LogP contribution >= 0.6 is 11.8 Å². The molecule has 0 aliphatic carbocycles. The van der Waals surface area contributed by atoms with E-state index in [2.05, 4.69) is 10.3 Å². The summed E-state index contributed by atoms with van der Waals surface area (Å²) < 4.78 is 13.0. The summed E-state index contributed by atoms with van der Waals surface area (Å²) in [6.45, 7) is 2.86. The van der Waals surface area contributed by atoms with Crippen LogP contribution in [0.5, 0.6) is 11.5 Å². The van der Waals surface area contributed by atoms with Crippen molar-refractivity contribution in [2.45, 2.75) is 18.5 Å². The molecule has 0 unspecified atom stereocenters. The van der Waals surface area contributed by atoms with Crippen molar-refractivity contribution in [1.82, 2.24) is 9.55 Å². The topological polar surface area (TPSA) is 109 Å². The van der Waals surface area contributed by atoms with E-state index in [1.165, 1.54) is 23.9 Å². The molecule has 3 aromatic rings. The number of carbonyl (C=O) groups excluding carboxylic acids is 1. The molecule has 0 atom stereocenters. The number of nitro groups is 1. The number of nitrogens with zero attached hydrogens (tertiary/aromatic N) is 3. The van der Waals surface area contributed by atoms with Gasteiger partial charge in [-0.05, 0) is 18.6 Å². The summed E-state index contributed by atoms with van der Waals surface area (Å²) in [5, 5.41) is 14.8. The van der Waals surface area contributed by atoms with E-state index in [0.29, 0.717) is 36.3 Å². The maximum atomic E-state index is 12.6. The second-order valence-electron chi connectivity index (χ2n) is 6.83. The lowest BCUT2D eigenvalue weighted by molar-refractivity contribution is -0.384. The predicted octanol–water partition coefficient (Wildman–Crippen LogP) is 3.98. The highest BCUT2D eigenvalue weighted by Crippen LogP contribution is 2.39. The van der Waals surface area contributed by atoms with Crippen LogP contribution in [-0.2, 0) is 4.79 Å². The maximum Gasteiger partial charge on any atom is 0.296 e. The molecule has 10 heteroatoms. The first-order chi connectivity index (χ1) is 15.0. The summed E-state index contributed by atoms with van der Waals surface area (Å²) in [6, 6.07) is 10.6. The first kappa shape index (κ1) is 20.7. The van der Waals surface area contributed by atoms with Crippen molar-refractivity contribution in [1.29, 1.82) is 0 Å². The zero-order valence-electron chi connectivity index (χ0n) is 16.7. The Morgan fingerprint density at radius 3 is 2.74 bits per heavy atom. The Bertz CT molecular complexity index is 1130. The molecule has 9 nitrogen and oxygen atoms in total. The number of nitro benzene ring substituents is 1. The molecule has 4 rings (SSSR count). The highest BCUT2D eigenvalue weighted by molar-refractivity contribution is 7.99. The van der Waals surface area contributed by atoms with Crippen LogP contribution in [0.1, 0.15) is 12.0 Å². The molecule has 1 aromatic heterocycles. The molecule has 1 N–H and O–H groups in total. The van der Waals surface area contributed by atoms with Gasteiger partial charge in [-0.1, -0.05) is 30.0 Å². The lowest BCUT2D eigenvalue weighted by Crippen LogP contribution is -2.16. The molecule has 2 heterocycles. The third kappa shape index (κ3) is 4.64. The number of anilines is 1. The smallest absolute Gasteiger partial charge is 0.296 e. The zero-order chi connectivity index (χ0) is 21.8. The number of hydrogen-bond donors (Lipinski definition) is 1. The van der Waals surface area contributed by atoms with Crippen molar-refractivity contribution in [2.24, 2.45) is 0 Å². The number of nitrogens with one attached hydrogen (secondary N) is 1. The molecule has 1 aliphatic rings. The minimum atomic E-state index is -0.553. The van der Waals surface area contributed by atoms with Crippen LogP contribution in [0, 0.1) is 17.0 Å². The molecule has 0 radical (unpaired) electrons. The van der Waals surface area contributed by atoms with E-state index in [9.17, 15) is 14.9 Å². The largest absolute Gasteiger partial charge is 0.489 e. The highest BCUT2D eigenvalue weighted by Gasteiger charge is 2.23. The number of benzene rings is 2. The summed E-state index contributed by atoms with van der Waals surface area (Å²) in [5.74, 6) is 0.328. The van der Waals surface area contributed by atoms with Gasteiger partial charge in [0.05, 0.1) is 35.6 Å². The number of carbonyl (C=O) groups is 1. The SMILES string of the molecule is Cc1ccccc1-n1ccnc1SCC(=O)Nc1cc2c(cc1[N+](=O)[O-])OCCCO2. The second-order valence-corrected chi connectivity index (χ2v) is 7.77. The minimum absolute atomic E-state index is 0.0362. The first-order valence-corrected chi connectivity index (χ1v) is 10.6. The number of rotatable bonds is 6. The molecule has 160 valence electrons. The van der Waals surface area contributed by atoms with Crippen LogP contribution in [0.25, 0.3) is 5.69 Å². The molecular formula is C21H20N4O5S. The quantitative estimate of drug-likeness (QED) is 0.351. The fourth-order valence-corrected chi connectivity index (χ4v) is 3.95. The van der Waals surface area contributed by atoms with Gasteiger partial charge < -0.3 is 14.8 Å². The van der Waals surface area contributed by atoms with Gasteiger partial charge in [0.1, 0.15) is 5.69 Å². The average molecular weight is 440 g/mol. The van der Waals surface area contributed by atoms with E-state index in [4.69, 9.17) is 9.47 Å². The lowest BCUT2D eigenvalue weighted by atomic mass is 10.2. The van der Waals surface area contributed by atoms with Gasteiger partial charge in [0.2, 0.25) is 5.91 Å². The molecular weight excluding hydrogens is 420 g/mol. The van der Waals surface area contributed by atoms with Gasteiger partial charge in [-0.3, -0.25) is 19.5 Å². The number of hydrogen-bond acceptors (Lipinski definition) is 7. The highest BCUT2D eigenvalue weighted by atomic mass is 32.2. The average Bonchev–Trinajstić information content (AvgIpc) is 3.09. The summed E-state index contributed by atoms with van der Waals surface area (Å²) in [6.07, 6.45) is 4.17. The summed E-state index contributed by atoms with van der Waals surface area (Å²) in [7, 11) is 0. The second kappa shape index (κ2) is 9.09. The number of amides is 1. The summed E-state index contributed by atoms with van der Waals surface area (Å²) >= 11 is 1.24. The van der Waals surface area contributed by atoms with Crippen molar-refractivity contribution in [3.05, 3.63) is 64.5 Å². The molecule has 0 bridgehead atoms. The number of imidazole rings is 1. The van der Waals surface area contributed by atoms with Gasteiger partial charge in [-0.2, -0.15) is 0 Å². The van der Waals surface area contributed by atoms with Crippen LogP contribution in [0.15, 0.2) is 53.9 Å². The lowest BCUT2D eigenvalue weighted by Gasteiger charge is -2.12. The Kier molecular flexibility index (Phi) is 6.08. The summed E-state index contributed by atoms with van der Waals surface area (Å²) in [4.78, 5) is 27.8. The fourth-order valence-electron chi connectivity index (χ4n) is 3.18. The third-order valence-corrected chi connectivity index (χ3v) is 5.62. The van der Waals surface area contributed by atoms with Crippen LogP contribution in [0.4, 0.5) is 11.4 Å². The Morgan fingerprint density at radius 1 is 1.26 bits per heavy atom. The van der Waals surface area contributed by atoms with E-state index in [1.54, 1.807) is 6.20 Å². The van der Waals surface area contributed by atoms with E-state index in [-0.39, 0.29) is 23.0 Å². The third-order valence-electron chi connectivity index (χ3n) is 4.65. The van der Waals surface area contributed by atoms with E-state index < -0.39 is 4.92 Å². The van der Waals surface area contributed by atoms with Gasteiger partial charge in [0, 0.05) is 24.9 Å². The molecule has 31 heavy (non-hydrogen) atoms. The first-order valence-electron chi connectivity index (χ1n) is 9.63. The molecule has 1 amide bonds. The Hall–Kier alpha value is -3.53. The van der Waals surface area contributed by atoms with Gasteiger partial charge in [-0.25, -0.2) is 4.98 Å². The van der Waals surface area contributed by atoms with Gasteiger partial charge in [-0.15, -0.1) is 0 Å². The van der Waals surface area contributed by atoms with Crippen LogP contribution in [0.2, 0.25) is 0 Å². The summed E-state index contributed by atoms with van der Waals surface area (Å²) in [5.41, 5.74) is 1.88. The predicted molar refractivity (Wildman–Crippen MR) is 116 cm³/mol. The Labute approximate surface area is 182 Å². The Balaban J connectivity index is 1.49. The minimum Gasteiger partial charge on any atom is -0.489 e. The number of aryl methyl sites for hydroxylation is 1. The van der Waals surface area contributed by atoms with Crippen LogP contribution in [0.3, 0.4) is 0 Å². The van der Waals surface area contributed by atoms with Crippen molar-refractivity contribution < 1.29 is 19.2 Å².